The van der Waals surface area contributed by atoms with Gasteiger partial charge in [-0.1, -0.05) is 32.4 Å². The molecule has 0 saturated carbocycles. The lowest BCUT2D eigenvalue weighted by Crippen LogP contribution is -2.10. The van der Waals surface area contributed by atoms with Crippen molar-refractivity contribution in [1.29, 1.82) is 0 Å². The molecular formula is C16H30O. The Labute approximate surface area is 108 Å². The largest absolute Gasteiger partial charge is 0.303 e. The lowest BCUT2D eigenvalue weighted by atomic mass is 9.85. The first-order valence-electron chi connectivity index (χ1n) is 7.09. The minimum absolute atomic E-state index is 0.280. The van der Waals surface area contributed by atoms with Crippen LogP contribution in [0.3, 0.4) is 0 Å². The highest BCUT2D eigenvalue weighted by molar-refractivity contribution is 5.53. The third-order valence-corrected chi connectivity index (χ3v) is 3.86. The molecule has 0 rings (SSSR count). The van der Waals surface area contributed by atoms with Gasteiger partial charge >= 0.3 is 0 Å². The fourth-order valence-electron chi connectivity index (χ4n) is 2.05. The highest BCUT2D eigenvalue weighted by Crippen LogP contribution is 2.24. The third kappa shape index (κ3) is 8.18. The van der Waals surface area contributed by atoms with Crippen LogP contribution in [0.5, 0.6) is 0 Å². The molecule has 0 aromatic carbocycles. The van der Waals surface area contributed by atoms with Crippen molar-refractivity contribution in [3.63, 3.8) is 0 Å². The number of carbonyl (C=O) groups excluding carboxylic acids is 1. The van der Waals surface area contributed by atoms with Crippen LogP contribution in [0.25, 0.3) is 0 Å². The Hall–Kier alpha value is -0.590. The Morgan fingerprint density at radius 2 is 1.65 bits per heavy atom. The van der Waals surface area contributed by atoms with Crippen molar-refractivity contribution in [3.8, 4) is 0 Å². The standard InChI is InChI=1S/C16H30O/c1-6-16(12-17)11-10-15(5)14(4)9-7-8-13(2)3/h8,12,14-16H,6-7,9-11H2,1-5H3. The second-order valence-corrected chi connectivity index (χ2v) is 5.70. The quantitative estimate of drug-likeness (QED) is 0.407. The number of hydrogen-bond donors (Lipinski definition) is 0. The fraction of sp³-hybridized carbons (Fsp3) is 0.812. The summed E-state index contributed by atoms with van der Waals surface area (Å²) < 4.78 is 0. The minimum atomic E-state index is 0.280. The summed E-state index contributed by atoms with van der Waals surface area (Å²) in [6, 6.07) is 0. The van der Waals surface area contributed by atoms with E-state index in [9.17, 15) is 4.79 Å². The first-order valence-corrected chi connectivity index (χ1v) is 7.09. The number of aldehydes is 1. The number of carbonyl (C=O) groups is 1. The van der Waals surface area contributed by atoms with Crippen LogP contribution in [0.2, 0.25) is 0 Å². The molecule has 0 amide bonds. The summed E-state index contributed by atoms with van der Waals surface area (Å²) >= 11 is 0. The van der Waals surface area contributed by atoms with Crippen molar-refractivity contribution in [2.24, 2.45) is 17.8 Å². The maximum atomic E-state index is 10.8. The number of allylic oxidation sites excluding steroid dienone is 2. The van der Waals surface area contributed by atoms with Gasteiger partial charge in [0.25, 0.3) is 0 Å². The molecule has 3 unspecified atom stereocenters. The SMILES string of the molecule is CCC(C=O)CCC(C)C(C)CCC=C(C)C. The Bertz CT molecular complexity index is 226. The van der Waals surface area contributed by atoms with E-state index in [0.29, 0.717) is 0 Å². The van der Waals surface area contributed by atoms with Crippen LogP contribution in [0, 0.1) is 17.8 Å². The Kier molecular flexibility index (Phi) is 9.11. The molecule has 0 aliphatic heterocycles. The molecule has 0 aromatic rings. The molecule has 0 N–H and O–H groups in total. The van der Waals surface area contributed by atoms with Crippen molar-refractivity contribution >= 4 is 6.29 Å². The summed E-state index contributed by atoms with van der Waals surface area (Å²) in [5.41, 5.74) is 1.41. The van der Waals surface area contributed by atoms with Crippen LogP contribution >= 0.6 is 0 Å². The molecule has 17 heavy (non-hydrogen) atoms. The van der Waals surface area contributed by atoms with E-state index >= 15 is 0 Å². The summed E-state index contributed by atoms with van der Waals surface area (Å²) in [4.78, 5) is 10.8. The molecule has 0 saturated heterocycles. The van der Waals surface area contributed by atoms with Crippen LogP contribution in [-0.2, 0) is 4.79 Å². The number of hydrogen-bond acceptors (Lipinski definition) is 1. The van der Waals surface area contributed by atoms with Crippen molar-refractivity contribution < 1.29 is 4.79 Å². The average molecular weight is 238 g/mol. The van der Waals surface area contributed by atoms with Gasteiger partial charge in [-0.15, -0.1) is 0 Å². The zero-order valence-corrected chi connectivity index (χ0v) is 12.3. The van der Waals surface area contributed by atoms with Gasteiger partial charge in [0.1, 0.15) is 6.29 Å². The maximum Gasteiger partial charge on any atom is 0.123 e. The summed E-state index contributed by atoms with van der Waals surface area (Å²) in [7, 11) is 0. The van der Waals surface area contributed by atoms with E-state index < -0.39 is 0 Å². The van der Waals surface area contributed by atoms with E-state index in [-0.39, 0.29) is 5.92 Å². The molecule has 0 aliphatic carbocycles. The van der Waals surface area contributed by atoms with E-state index in [4.69, 9.17) is 0 Å². The van der Waals surface area contributed by atoms with Crippen molar-refractivity contribution in [3.05, 3.63) is 11.6 Å². The van der Waals surface area contributed by atoms with Gasteiger partial charge in [-0.2, -0.15) is 0 Å². The molecule has 0 radical (unpaired) electrons. The lowest BCUT2D eigenvalue weighted by molar-refractivity contribution is -0.111. The molecule has 0 heterocycles. The minimum Gasteiger partial charge on any atom is -0.303 e. The Balaban J connectivity index is 3.84. The zero-order valence-electron chi connectivity index (χ0n) is 12.3. The Morgan fingerprint density at radius 3 is 2.12 bits per heavy atom. The summed E-state index contributed by atoms with van der Waals surface area (Å²) in [5, 5.41) is 0. The highest BCUT2D eigenvalue weighted by Gasteiger charge is 2.13. The van der Waals surface area contributed by atoms with Gasteiger partial charge in [-0.05, 0) is 57.8 Å². The van der Waals surface area contributed by atoms with Crippen LogP contribution < -0.4 is 0 Å². The summed E-state index contributed by atoms with van der Waals surface area (Å²) in [6.45, 7) is 11.1. The smallest absolute Gasteiger partial charge is 0.123 e. The Morgan fingerprint density at radius 1 is 1.06 bits per heavy atom. The molecule has 0 aliphatic rings. The van der Waals surface area contributed by atoms with E-state index in [1.165, 1.54) is 24.8 Å². The molecule has 0 fully saturated rings. The third-order valence-electron chi connectivity index (χ3n) is 3.86. The molecule has 100 valence electrons. The van der Waals surface area contributed by atoms with E-state index in [1.54, 1.807) is 0 Å². The molecule has 0 bridgehead atoms. The lowest BCUT2D eigenvalue weighted by Gasteiger charge is -2.20. The maximum absolute atomic E-state index is 10.8. The second-order valence-electron chi connectivity index (χ2n) is 5.70. The van der Waals surface area contributed by atoms with Gasteiger partial charge in [0, 0.05) is 5.92 Å². The normalized spacial score (nSPS) is 16.1. The first-order chi connectivity index (χ1) is 8.01. The monoisotopic (exact) mass is 238 g/mol. The first kappa shape index (κ1) is 16.4. The van der Waals surface area contributed by atoms with Gasteiger partial charge < -0.3 is 4.79 Å². The average Bonchev–Trinajstić information content (AvgIpc) is 2.29. The van der Waals surface area contributed by atoms with Gasteiger partial charge in [0.05, 0.1) is 0 Å². The van der Waals surface area contributed by atoms with Crippen LogP contribution in [0.15, 0.2) is 11.6 Å². The number of rotatable bonds is 9. The van der Waals surface area contributed by atoms with Crippen molar-refractivity contribution in [1.82, 2.24) is 0 Å². The van der Waals surface area contributed by atoms with Crippen LogP contribution in [0.1, 0.15) is 66.7 Å². The van der Waals surface area contributed by atoms with Gasteiger partial charge in [-0.3, -0.25) is 0 Å². The molecule has 3 atom stereocenters. The summed E-state index contributed by atoms with van der Waals surface area (Å²) in [5.74, 6) is 1.77. The molecule has 1 nitrogen and oxygen atoms in total. The van der Waals surface area contributed by atoms with Crippen molar-refractivity contribution in [2.45, 2.75) is 66.7 Å². The fourth-order valence-corrected chi connectivity index (χ4v) is 2.05. The van der Waals surface area contributed by atoms with Gasteiger partial charge in [-0.25, -0.2) is 0 Å². The van der Waals surface area contributed by atoms with E-state index in [1.807, 2.05) is 0 Å². The molecule has 1 heteroatoms. The van der Waals surface area contributed by atoms with E-state index in [2.05, 4.69) is 40.7 Å². The molecule has 0 aromatic heterocycles. The molecule has 0 spiro atoms. The van der Waals surface area contributed by atoms with Gasteiger partial charge in [0.2, 0.25) is 0 Å². The highest BCUT2D eigenvalue weighted by atomic mass is 16.1. The predicted molar refractivity (Wildman–Crippen MR) is 76.1 cm³/mol. The predicted octanol–water partition coefficient (Wildman–Crippen LogP) is 5.01. The summed E-state index contributed by atoms with van der Waals surface area (Å²) in [6.07, 6.45) is 9.15. The van der Waals surface area contributed by atoms with E-state index in [0.717, 1.165) is 31.0 Å². The molecular weight excluding hydrogens is 208 g/mol. The second kappa shape index (κ2) is 9.44. The topological polar surface area (TPSA) is 17.1 Å². The van der Waals surface area contributed by atoms with Crippen LogP contribution in [0.4, 0.5) is 0 Å². The van der Waals surface area contributed by atoms with Gasteiger partial charge in [0.15, 0.2) is 0 Å². The van der Waals surface area contributed by atoms with Crippen LogP contribution in [-0.4, -0.2) is 6.29 Å². The van der Waals surface area contributed by atoms with Crippen molar-refractivity contribution in [2.75, 3.05) is 0 Å². The zero-order chi connectivity index (χ0) is 13.3.